The van der Waals surface area contributed by atoms with Crippen LogP contribution in [0.15, 0.2) is 67.1 Å². The Bertz CT molecular complexity index is 2090. The number of anilines is 1. The molecule has 6 rings (SSSR count). The molecule has 2 aromatic heterocycles. The monoisotopic (exact) mass is 733 g/mol. The summed E-state index contributed by atoms with van der Waals surface area (Å²) in [7, 11) is 0. The Kier molecular flexibility index (Phi) is 11.9. The van der Waals surface area contributed by atoms with Gasteiger partial charge in [-0.05, 0) is 61.6 Å². The Morgan fingerprint density at radius 1 is 0.963 bits per heavy atom. The summed E-state index contributed by atoms with van der Waals surface area (Å²) in [6.45, 7) is 2.91. The maximum atomic E-state index is 13.6. The van der Waals surface area contributed by atoms with E-state index in [9.17, 15) is 33.9 Å². The van der Waals surface area contributed by atoms with E-state index >= 15 is 0 Å². The summed E-state index contributed by atoms with van der Waals surface area (Å²) in [5.41, 5.74) is 2.59. The lowest BCUT2D eigenvalue weighted by Crippen LogP contribution is -2.54. The van der Waals surface area contributed by atoms with Crippen LogP contribution in [0.1, 0.15) is 113 Å². The summed E-state index contributed by atoms with van der Waals surface area (Å²) in [4.78, 5) is 86.2. The summed E-state index contributed by atoms with van der Waals surface area (Å²) in [5.74, 6) is -2.78. The highest BCUT2D eigenvalue weighted by Crippen LogP contribution is 2.37. The molecule has 0 saturated carbocycles. The molecule has 14 nitrogen and oxygen atoms in total. The number of phenolic OH excluding ortho intramolecular Hbond substituents is 1. The second kappa shape index (κ2) is 17.1. The Hall–Kier alpha value is -6.18. The van der Waals surface area contributed by atoms with Gasteiger partial charge >= 0.3 is 0 Å². The number of imide groups is 2. The van der Waals surface area contributed by atoms with E-state index < -0.39 is 35.7 Å². The average molecular weight is 734 g/mol. The molecule has 2 unspecified atom stereocenters. The van der Waals surface area contributed by atoms with Gasteiger partial charge in [0, 0.05) is 66.7 Å². The molecule has 54 heavy (non-hydrogen) atoms. The molecule has 2 aliphatic rings. The van der Waals surface area contributed by atoms with E-state index in [-0.39, 0.29) is 47.0 Å². The van der Waals surface area contributed by atoms with E-state index in [0.29, 0.717) is 53.7 Å². The molecule has 1 saturated heterocycles. The standard InChI is InChI=1S/C40H43N7O7/c1-2-11-31(48)45-34(24-12-9-18-41-23-24)28-22-27(25-14-10-21-43-35(25)36(28)50)37(51)44-20-7-5-3-4-6-19-42-29-15-8-13-26-33(29)40(54)47(39(26)53)30-16-17-32(49)46-38(30)52/h8-10,12-15,18,21-23,30,34,42,50H,2-7,11,16-17,19-20H2,1H3,(H,44,51)(H,45,48)(H,46,49,52). The maximum absolute atomic E-state index is 13.6. The number of nitrogens with one attached hydrogen (secondary N) is 4. The molecular weight excluding hydrogens is 690 g/mol. The van der Waals surface area contributed by atoms with E-state index in [1.165, 1.54) is 0 Å². The van der Waals surface area contributed by atoms with Gasteiger partial charge in [-0.2, -0.15) is 0 Å². The molecular formula is C40H43N7O7. The van der Waals surface area contributed by atoms with E-state index in [4.69, 9.17) is 0 Å². The summed E-state index contributed by atoms with van der Waals surface area (Å²) in [6, 6.07) is 11.8. The lowest BCUT2D eigenvalue weighted by molar-refractivity contribution is -0.136. The SMILES string of the molecule is CCCC(=O)NC(c1cccnc1)c1cc(C(=O)NCCCCCCCNc2cccc3c2C(=O)N(C2CCC(=O)NC2=O)C3=O)c2cccnc2c1O. The zero-order chi connectivity index (χ0) is 38.2. The molecule has 280 valence electrons. The molecule has 4 heterocycles. The molecule has 1 fully saturated rings. The molecule has 6 amide bonds. The van der Waals surface area contributed by atoms with Gasteiger partial charge in [0.1, 0.15) is 17.3 Å². The minimum Gasteiger partial charge on any atom is -0.505 e. The summed E-state index contributed by atoms with van der Waals surface area (Å²) in [6.07, 6.45) is 10.1. The molecule has 4 aromatic rings. The first-order valence-electron chi connectivity index (χ1n) is 18.4. The Morgan fingerprint density at radius 2 is 1.74 bits per heavy atom. The Labute approximate surface area is 312 Å². The van der Waals surface area contributed by atoms with Crippen LogP contribution in [0.25, 0.3) is 10.9 Å². The Morgan fingerprint density at radius 3 is 2.50 bits per heavy atom. The minimum atomic E-state index is -1.02. The predicted molar refractivity (Wildman–Crippen MR) is 200 cm³/mol. The number of hydrogen-bond donors (Lipinski definition) is 5. The van der Waals surface area contributed by atoms with Gasteiger partial charge in [-0.3, -0.25) is 49.0 Å². The number of aromatic nitrogens is 2. The van der Waals surface area contributed by atoms with Crippen LogP contribution in [0.3, 0.4) is 0 Å². The zero-order valence-electron chi connectivity index (χ0n) is 30.0. The van der Waals surface area contributed by atoms with Crippen molar-refractivity contribution in [3.05, 3.63) is 94.9 Å². The first-order valence-corrected chi connectivity index (χ1v) is 18.4. The quantitative estimate of drug-likeness (QED) is 0.0805. The van der Waals surface area contributed by atoms with E-state index in [1.54, 1.807) is 67.1 Å². The van der Waals surface area contributed by atoms with Crippen LogP contribution in [0.2, 0.25) is 0 Å². The fourth-order valence-corrected chi connectivity index (χ4v) is 6.97. The van der Waals surface area contributed by atoms with Gasteiger partial charge in [-0.25, -0.2) is 0 Å². The van der Waals surface area contributed by atoms with Crippen LogP contribution in [0.5, 0.6) is 5.75 Å². The van der Waals surface area contributed by atoms with Crippen molar-refractivity contribution in [3.8, 4) is 5.75 Å². The molecule has 14 heteroatoms. The molecule has 0 aliphatic carbocycles. The largest absolute Gasteiger partial charge is 0.505 e. The van der Waals surface area contributed by atoms with Gasteiger partial charge in [-0.1, -0.05) is 44.4 Å². The highest BCUT2D eigenvalue weighted by molar-refractivity contribution is 6.25. The van der Waals surface area contributed by atoms with Crippen LogP contribution in [-0.4, -0.2) is 74.5 Å². The normalized spacial score (nSPS) is 15.9. The number of amides is 6. The topological polar surface area (TPSA) is 200 Å². The van der Waals surface area contributed by atoms with Crippen molar-refractivity contribution in [1.82, 2.24) is 30.8 Å². The summed E-state index contributed by atoms with van der Waals surface area (Å²) in [5, 5.41) is 23.3. The van der Waals surface area contributed by atoms with Crippen LogP contribution < -0.4 is 21.3 Å². The molecule has 2 atom stereocenters. The van der Waals surface area contributed by atoms with Crippen molar-refractivity contribution in [2.45, 2.75) is 76.8 Å². The Balaban J connectivity index is 1.01. The van der Waals surface area contributed by atoms with Crippen LogP contribution in [0.4, 0.5) is 5.69 Å². The van der Waals surface area contributed by atoms with Crippen molar-refractivity contribution < 1.29 is 33.9 Å². The van der Waals surface area contributed by atoms with E-state index in [1.807, 2.05) is 6.92 Å². The number of nitrogens with zero attached hydrogens (tertiary/aromatic N) is 3. The van der Waals surface area contributed by atoms with Gasteiger partial charge in [0.25, 0.3) is 17.7 Å². The predicted octanol–water partition coefficient (Wildman–Crippen LogP) is 4.53. The number of pyridine rings is 2. The summed E-state index contributed by atoms with van der Waals surface area (Å²) >= 11 is 0. The highest BCUT2D eigenvalue weighted by Gasteiger charge is 2.45. The number of carbonyl (C=O) groups excluding carboxylic acids is 6. The zero-order valence-corrected chi connectivity index (χ0v) is 30.0. The van der Waals surface area contributed by atoms with Crippen LogP contribution in [-0.2, 0) is 14.4 Å². The van der Waals surface area contributed by atoms with Gasteiger partial charge in [-0.15, -0.1) is 0 Å². The second-order valence-electron chi connectivity index (χ2n) is 13.4. The number of unbranched alkanes of at least 4 members (excludes halogenated alkanes) is 4. The maximum Gasteiger partial charge on any atom is 0.264 e. The van der Waals surface area contributed by atoms with Gasteiger partial charge in [0.05, 0.1) is 17.2 Å². The minimum absolute atomic E-state index is 0.0600. The second-order valence-corrected chi connectivity index (χ2v) is 13.4. The third-order valence-corrected chi connectivity index (χ3v) is 9.67. The third kappa shape index (κ3) is 8.07. The molecule has 2 aromatic carbocycles. The number of piperidine rings is 1. The van der Waals surface area contributed by atoms with Crippen molar-refractivity contribution >= 4 is 52.0 Å². The van der Waals surface area contributed by atoms with Gasteiger partial charge in [0.15, 0.2) is 0 Å². The van der Waals surface area contributed by atoms with E-state index in [0.717, 1.165) is 37.0 Å². The van der Waals surface area contributed by atoms with Crippen molar-refractivity contribution in [2.24, 2.45) is 0 Å². The molecule has 5 N–H and O–H groups in total. The van der Waals surface area contributed by atoms with Crippen molar-refractivity contribution in [3.63, 3.8) is 0 Å². The fraction of sp³-hybridized carbons (Fsp3) is 0.350. The summed E-state index contributed by atoms with van der Waals surface area (Å²) < 4.78 is 0. The number of phenols is 1. The molecule has 2 aliphatic heterocycles. The van der Waals surface area contributed by atoms with Crippen LogP contribution in [0, 0.1) is 0 Å². The van der Waals surface area contributed by atoms with Crippen LogP contribution >= 0.6 is 0 Å². The van der Waals surface area contributed by atoms with Crippen molar-refractivity contribution in [1.29, 1.82) is 0 Å². The third-order valence-electron chi connectivity index (χ3n) is 9.67. The lowest BCUT2D eigenvalue weighted by Gasteiger charge is -2.27. The number of rotatable bonds is 16. The number of fused-ring (bicyclic) bond motifs is 2. The molecule has 0 spiro atoms. The smallest absolute Gasteiger partial charge is 0.264 e. The average Bonchev–Trinajstić information content (AvgIpc) is 3.43. The first-order chi connectivity index (χ1) is 26.2. The van der Waals surface area contributed by atoms with Gasteiger partial charge in [0.2, 0.25) is 17.7 Å². The van der Waals surface area contributed by atoms with Crippen molar-refractivity contribution in [2.75, 3.05) is 18.4 Å². The molecule has 0 bridgehead atoms. The first kappa shape index (κ1) is 37.6. The van der Waals surface area contributed by atoms with Gasteiger partial charge < -0.3 is 21.1 Å². The lowest BCUT2D eigenvalue weighted by atomic mass is 9.94. The number of carbonyl (C=O) groups is 6. The number of benzene rings is 2. The highest BCUT2D eigenvalue weighted by atomic mass is 16.3. The number of aromatic hydroxyl groups is 1. The fourth-order valence-electron chi connectivity index (χ4n) is 6.97. The molecule has 0 radical (unpaired) electrons. The number of hydrogen-bond acceptors (Lipinski definition) is 10. The van der Waals surface area contributed by atoms with E-state index in [2.05, 4.69) is 31.2 Å².